The summed E-state index contributed by atoms with van der Waals surface area (Å²) in [5, 5.41) is 2.75. The number of aryl methyl sites for hydroxylation is 2. The molecule has 1 heterocycles. The Balaban J connectivity index is 0.000000424. The number of aromatic nitrogens is 2. The molecule has 1 rings (SSSR count). The van der Waals surface area contributed by atoms with Crippen LogP contribution in [0.4, 0.5) is 0 Å². The van der Waals surface area contributed by atoms with Gasteiger partial charge in [0.15, 0.2) is 0 Å². The molecule has 1 aromatic rings. The first-order valence-electron chi connectivity index (χ1n) is 4.84. The molecule has 0 aliphatic rings. The van der Waals surface area contributed by atoms with Crippen LogP contribution in [0.15, 0.2) is 12.4 Å². The number of imidazole rings is 1. The zero-order valence-electron chi connectivity index (χ0n) is 9.46. The van der Waals surface area contributed by atoms with Crippen LogP contribution in [-0.2, 0) is 13.1 Å². The maximum absolute atomic E-state index is 2.75. The van der Waals surface area contributed by atoms with Gasteiger partial charge in [-0.2, -0.15) is 0 Å². The molecule has 0 aromatic carbocycles. The molecule has 0 amide bonds. The third kappa shape index (κ3) is 3.59. The van der Waals surface area contributed by atoms with Gasteiger partial charge in [-0.3, -0.25) is 0 Å². The second kappa shape index (κ2) is 6.66. The lowest BCUT2D eigenvalue weighted by molar-refractivity contribution is -0.699. The molecular weight excluding hydrogens is 162 g/mol. The zero-order valence-corrected chi connectivity index (χ0v) is 9.46. The van der Waals surface area contributed by atoms with E-state index in [-0.39, 0.29) is 0 Å². The highest BCUT2D eigenvalue weighted by Gasteiger charge is 2.06. The van der Waals surface area contributed by atoms with Gasteiger partial charge in [0.25, 0.3) is 5.82 Å². The van der Waals surface area contributed by atoms with Crippen LogP contribution in [0.3, 0.4) is 0 Å². The number of nitrogens with zero attached hydrogens (tertiary/aromatic N) is 2. The smallest absolute Gasteiger partial charge is 0.253 e. The zero-order chi connectivity index (χ0) is 10.3. The maximum Gasteiger partial charge on any atom is 0.253 e. The Kier molecular flexibility index (Phi) is 6.24. The van der Waals surface area contributed by atoms with Gasteiger partial charge in [0.05, 0.1) is 13.1 Å². The summed E-state index contributed by atoms with van der Waals surface area (Å²) in [4.78, 5) is 0. The molecule has 0 saturated carbocycles. The van der Waals surface area contributed by atoms with E-state index in [1.165, 1.54) is 5.82 Å². The Labute approximate surface area is 81.4 Å². The molecule has 0 saturated heterocycles. The van der Waals surface area contributed by atoms with Crippen molar-refractivity contribution in [2.45, 2.75) is 33.9 Å². The molecule has 76 valence electrons. The standard InChI is InChI=1S/C8H15N2.C2H7N/c1-4-9-6-7-10(5-2)8(9)3;1-3-2/h6-7H,4-5H2,1-3H3;3H,1-2H3/q+1;. The van der Waals surface area contributed by atoms with Crippen LogP contribution in [0.25, 0.3) is 0 Å². The van der Waals surface area contributed by atoms with E-state index in [9.17, 15) is 0 Å². The summed E-state index contributed by atoms with van der Waals surface area (Å²) in [5.41, 5.74) is 0. The first-order chi connectivity index (χ1) is 6.21. The maximum atomic E-state index is 2.75. The normalized spacial score (nSPS) is 9.31. The van der Waals surface area contributed by atoms with Crippen molar-refractivity contribution in [2.24, 2.45) is 0 Å². The minimum absolute atomic E-state index is 1.07. The van der Waals surface area contributed by atoms with E-state index in [0.717, 1.165) is 13.1 Å². The molecule has 0 atom stereocenters. The molecule has 3 nitrogen and oxygen atoms in total. The van der Waals surface area contributed by atoms with E-state index in [1.807, 2.05) is 14.1 Å². The van der Waals surface area contributed by atoms with E-state index in [1.54, 1.807) is 0 Å². The monoisotopic (exact) mass is 184 g/mol. The average molecular weight is 184 g/mol. The summed E-state index contributed by atoms with van der Waals surface area (Å²) in [6, 6.07) is 0. The molecule has 0 radical (unpaired) electrons. The van der Waals surface area contributed by atoms with Crippen LogP contribution in [-0.4, -0.2) is 18.7 Å². The van der Waals surface area contributed by atoms with Crippen molar-refractivity contribution in [2.75, 3.05) is 14.1 Å². The summed E-state index contributed by atoms with van der Waals surface area (Å²) in [6.07, 6.45) is 4.25. The Bertz CT molecular complexity index is 207. The van der Waals surface area contributed by atoms with Gasteiger partial charge in [0.1, 0.15) is 12.4 Å². The fourth-order valence-electron chi connectivity index (χ4n) is 1.21. The van der Waals surface area contributed by atoms with E-state index in [2.05, 4.69) is 47.6 Å². The van der Waals surface area contributed by atoms with Crippen LogP contribution in [0.2, 0.25) is 0 Å². The van der Waals surface area contributed by atoms with Gasteiger partial charge in [-0.05, 0) is 27.9 Å². The van der Waals surface area contributed by atoms with Crippen LogP contribution < -0.4 is 9.88 Å². The molecule has 3 heteroatoms. The lowest BCUT2D eigenvalue weighted by Gasteiger charge is -1.93. The largest absolute Gasteiger partial charge is 0.323 e. The summed E-state index contributed by atoms with van der Waals surface area (Å²) >= 11 is 0. The Morgan fingerprint density at radius 2 is 1.92 bits per heavy atom. The van der Waals surface area contributed by atoms with Crippen molar-refractivity contribution in [1.29, 1.82) is 0 Å². The van der Waals surface area contributed by atoms with Gasteiger partial charge in [-0.1, -0.05) is 0 Å². The number of hydrogen-bond acceptors (Lipinski definition) is 1. The second-order valence-electron chi connectivity index (χ2n) is 2.92. The Morgan fingerprint density at radius 1 is 1.38 bits per heavy atom. The van der Waals surface area contributed by atoms with E-state index in [4.69, 9.17) is 0 Å². The van der Waals surface area contributed by atoms with Crippen LogP contribution in [0, 0.1) is 6.92 Å². The van der Waals surface area contributed by atoms with E-state index < -0.39 is 0 Å². The van der Waals surface area contributed by atoms with Gasteiger partial charge in [0.2, 0.25) is 0 Å². The van der Waals surface area contributed by atoms with Crippen LogP contribution in [0.5, 0.6) is 0 Å². The minimum atomic E-state index is 1.07. The number of rotatable bonds is 2. The molecule has 13 heavy (non-hydrogen) atoms. The van der Waals surface area contributed by atoms with Crippen molar-refractivity contribution in [3.63, 3.8) is 0 Å². The lowest BCUT2D eigenvalue weighted by Crippen LogP contribution is -2.33. The summed E-state index contributed by atoms with van der Waals surface area (Å²) in [7, 11) is 3.75. The predicted molar refractivity (Wildman–Crippen MR) is 55.7 cm³/mol. The number of hydrogen-bond donors (Lipinski definition) is 1. The second-order valence-corrected chi connectivity index (χ2v) is 2.92. The van der Waals surface area contributed by atoms with Gasteiger partial charge in [0, 0.05) is 6.92 Å². The van der Waals surface area contributed by atoms with Crippen molar-refractivity contribution >= 4 is 0 Å². The highest BCUT2D eigenvalue weighted by Crippen LogP contribution is 1.91. The molecule has 0 aliphatic carbocycles. The highest BCUT2D eigenvalue weighted by molar-refractivity contribution is 4.78. The van der Waals surface area contributed by atoms with Gasteiger partial charge in [-0.15, -0.1) is 0 Å². The molecule has 0 spiro atoms. The van der Waals surface area contributed by atoms with Crippen molar-refractivity contribution in [1.82, 2.24) is 9.88 Å². The lowest BCUT2D eigenvalue weighted by atomic mass is 10.6. The van der Waals surface area contributed by atoms with Gasteiger partial charge in [-0.25, -0.2) is 9.13 Å². The molecule has 0 fully saturated rings. The van der Waals surface area contributed by atoms with Crippen molar-refractivity contribution < 1.29 is 4.57 Å². The Hall–Kier alpha value is -0.830. The average Bonchev–Trinajstić information content (AvgIpc) is 2.47. The topological polar surface area (TPSA) is 20.8 Å². The molecule has 0 bridgehead atoms. The van der Waals surface area contributed by atoms with Gasteiger partial charge >= 0.3 is 0 Å². The fraction of sp³-hybridized carbons (Fsp3) is 0.700. The molecule has 0 unspecified atom stereocenters. The molecular formula is C10H22N3+. The van der Waals surface area contributed by atoms with Crippen LogP contribution in [0.1, 0.15) is 19.7 Å². The Morgan fingerprint density at radius 3 is 2.15 bits per heavy atom. The van der Waals surface area contributed by atoms with Crippen LogP contribution >= 0.6 is 0 Å². The van der Waals surface area contributed by atoms with Crippen molar-refractivity contribution in [3.8, 4) is 0 Å². The van der Waals surface area contributed by atoms with E-state index >= 15 is 0 Å². The molecule has 1 aromatic heterocycles. The molecule has 0 aliphatic heterocycles. The summed E-state index contributed by atoms with van der Waals surface area (Å²) < 4.78 is 4.48. The van der Waals surface area contributed by atoms with Gasteiger partial charge < -0.3 is 5.32 Å². The SMILES string of the molecule is CCn1cc[n+](CC)c1C.CNC. The highest BCUT2D eigenvalue weighted by atomic mass is 15.1. The molecule has 1 N–H and O–H groups in total. The third-order valence-electron chi connectivity index (χ3n) is 1.94. The minimum Gasteiger partial charge on any atom is -0.323 e. The first-order valence-corrected chi connectivity index (χ1v) is 4.84. The predicted octanol–water partition coefficient (Wildman–Crippen LogP) is 0.959. The first kappa shape index (κ1) is 12.2. The van der Waals surface area contributed by atoms with Crippen molar-refractivity contribution in [3.05, 3.63) is 18.2 Å². The quantitative estimate of drug-likeness (QED) is 0.679. The summed E-state index contributed by atoms with van der Waals surface area (Å²) in [5.74, 6) is 1.34. The third-order valence-corrected chi connectivity index (χ3v) is 1.94. The number of nitrogens with one attached hydrogen (secondary N) is 1. The summed E-state index contributed by atoms with van der Waals surface area (Å²) in [6.45, 7) is 8.60. The fourth-order valence-corrected chi connectivity index (χ4v) is 1.21. The van der Waals surface area contributed by atoms with E-state index in [0.29, 0.717) is 0 Å².